The van der Waals surface area contributed by atoms with Gasteiger partial charge in [0.1, 0.15) is 12.4 Å². The molecule has 2 atom stereocenters. The molecule has 0 bridgehead atoms. The lowest BCUT2D eigenvalue weighted by molar-refractivity contribution is -0.117. The Morgan fingerprint density at radius 2 is 2.12 bits per heavy atom. The van der Waals surface area contributed by atoms with Crippen molar-refractivity contribution in [2.75, 3.05) is 44.6 Å². The highest BCUT2D eigenvalue weighted by Gasteiger charge is 2.22. The monoisotopic (exact) mass is 361 g/mol. The molecule has 1 amide bonds. The summed E-state index contributed by atoms with van der Waals surface area (Å²) < 4.78 is 5.93. The summed E-state index contributed by atoms with van der Waals surface area (Å²) in [5.74, 6) is 1.80. The van der Waals surface area contributed by atoms with Crippen molar-refractivity contribution >= 4 is 11.6 Å². The zero-order chi connectivity index (χ0) is 18.8. The summed E-state index contributed by atoms with van der Waals surface area (Å²) in [6, 6.07) is 7.71. The third-order valence-corrected chi connectivity index (χ3v) is 5.37. The Morgan fingerprint density at radius 1 is 1.35 bits per heavy atom. The number of anilines is 1. The van der Waals surface area contributed by atoms with E-state index in [1.807, 2.05) is 24.3 Å². The molecule has 2 rings (SSSR count). The number of nitrogens with zero attached hydrogens (tertiary/aromatic N) is 1. The quantitative estimate of drug-likeness (QED) is 0.671. The van der Waals surface area contributed by atoms with Crippen molar-refractivity contribution in [3.63, 3.8) is 0 Å². The normalized spacial score (nSPS) is 18.5. The zero-order valence-electron chi connectivity index (χ0n) is 16.6. The van der Waals surface area contributed by atoms with Gasteiger partial charge in [0, 0.05) is 13.0 Å². The van der Waals surface area contributed by atoms with Crippen molar-refractivity contribution in [2.45, 2.75) is 40.0 Å². The highest BCUT2D eigenvalue weighted by molar-refractivity contribution is 5.92. The van der Waals surface area contributed by atoms with Crippen molar-refractivity contribution in [1.29, 1.82) is 0 Å². The predicted octanol–water partition coefficient (Wildman–Crippen LogP) is 3.37. The van der Waals surface area contributed by atoms with E-state index in [0.717, 1.165) is 44.2 Å². The molecule has 1 aliphatic rings. The van der Waals surface area contributed by atoms with E-state index in [9.17, 15) is 4.79 Å². The van der Waals surface area contributed by atoms with Crippen molar-refractivity contribution in [3.05, 3.63) is 24.3 Å². The second-order valence-corrected chi connectivity index (χ2v) is 7.21. The third kappa shape index (κ3) is 6.61. The van der Waals surface area contributed by atoms with Gasteiger partial charge in [0.05, 0.1) is 5.69 Å². The number of amides is 1. The number of piperidine rings is 1. The van der Waals surface area contributed by atoms with Gasteiger partial charge in [-0.1, -0.05) is 32.9 Å². The second-order valence-electron chi connectivity index (χ2n) is 7.21. The van der Waals surface area contributed by atoms with Crippen LogP contribution >= 0.6 is 0 Å². The molecule has 0 saturated carbocycles. The van der Waals surface area contributed by atoms with Crippen LogP contribution in [-0.2, 0) is 4.79 Å². The van der Waals surface area contributed by atoms with E-state index >= 15 is 0 Å². The maximum atomic E-state index is 12.5. The molecule has 5 nitrogen and oxygen atoms in total. The molecule has 2 unspecified atom stereocenters. The van der Waals surface area contributed by atoms with Crippen molar-refractivity contribution in [2.24, 2.45) is 11.8 Å². The van der Waals surface area contributed by atoms with Crippen LogP contribution in [0.3, 0.4) is 0 Å². The molecule has 0 spiro atoms. The molecular weight excluding hydrogens is 326 g/mol. The summed E-state index contributed by atoms with van der Waals surface area (Å²) in [6.07, 6.45) is 2.98. The topological polar surface area (TPSA) is 53.6 Å². The fraction of sp³-hybridized carbons (Fsp3) is 0.667. The van der Waals surface area contributed by atoms with Gasteiger partial charge < -0.3 is 20.3 Å². The minimum Gasteiger partial charge on any atom is -0.490 e. The van der Waals surface area contributed by atoms with E-state index in [0.29, 0.717) is 24.9 Å². The summed E-state index contributed by atoms with van der Waals surface area (Å²) in [7, 11) is 0. The van der Waals surface area contributed by atoms with Gasteiger partial charge in [0.15, 0.2) is 0 Å². The number of carbonyl (C=O) groups excluding carboxylic acids is 1. The van der Waals surface area contributed by atoms with Gasteiger partial charge in [-0.15, -0.1) is 0 Å². The van der Waals surface area contributed by atoms with Gasteiger partial charge in [-0.3, -0.25) is 4.79 Å². The Kier molecular flexibility index (Phi) is 8.92. The third-order valence-electron chi connectivity index (χ3n) is 5.37. The van der Waals surface area contributed by atoms with Crippen LogP contribution in [0, 0.1) is 11.8 Å². The molecule has 1 aliphatic heterocycles. The van der Waals surface area contributed by atoms with Crippen LogP contribution in [0.2, 0.25) is 0 Å². The Labute approximate surface area is 158 Å². The molecule has 0 aliphatic carbocycles. The van der Waals surface area contributed by atoms with Crippen LogP contribution in [-0.4, -0.2) is 50.1 Å². The maximum Gasteiger partial charge on any atom is 0.224 e. The molecule has 2 N–H and O–H groups in total. The molecule has 1 heterocycles. The molecular formula is C21H35N3O2. The highest BCUT2D eigenvalue weighted by Crippen LogP contribution is 2.26. The fourth-order valence-corrected chi connectivity index (χ4v) is 3.55. The smallest absolute Gasteiger partial charge is 0.224 e. The van der Waals surface area contributed by atoms with Gasteiger partial charge in [-0.2, -0.15) is 0 Å². The van der Waals surface area contributed by atoms with Gasteiger partial charge >= 0.3 is 0 Å². The van der Waals surface area contributed by atoms with Gasteiger partial charge in [-0.25, -0.2) is 0 Å². The lowest BCUT2D eigenvalue weighted by Crippen LogP contribution is -2.34. The largest absolute Gasteiger partial charge is 0.490 e. The van der Waals surface area contributed by atoms with E-state index in [-0.39, 0.29) is 5.91 Å². The first-order valence-electron chi connectivity index (χ1n) is 10.1. The van der Waals surface area contributed by atoms with Gasteiger partial charge in [0.2, 0.25) is 5.91 Å². The number of likely N-dealkylation sites (N-methyl/N-ethyl adjacent to an activating group) is 1. The summed E-state index contributed by atoms with van der Waals surface area (Å²) in [6.45, 7) is 12.2. The van der Waals surface area contributed by atoms with E-state index in [1.165, 1.54) is 12.8 Å². The molecule has 1 saturated heterocycles. The molecule has 146 valence electrons. The van der Waals surface area contributed by atoms with Crippen LogP contribution in [0.5, 0.6) is 5.75 Å². The van der Waals surface area contributed by atoms with E-state index in [2.05, 4.69) is 36.3 Å². The molecule has 0 radical (unpaired) electrons. The molecule has 5 heteroatoms. The second kappa shape index (κ2) is 11.2. The van der Waals surface area contributed by atoms with Crippen molar-refractivity contribution < 1.29 is 9.53 Å². The van der Waals surface area contributed by atoms with Crippen LogP contribution in [0.4, 0.5) is 5.69 Å². The SMILES string of the molecule is CCN(CC)CCOc1ccccc1NC(=O)CC(C)C1CCCNC1. The summed E-state index contributed by atoms with van der Waals surface area (Å²) in [5.41, 5.74) is 0.769. The number of nitrogens with one attached hydrogen (secondary N) is 2. The fourth-order valence-electron chi connectivity index (χ4n) is 3.55. The summed E-state index contributed by atoms with van der Waals surface area (Å²) in [5, 5.41) is 6.48. The first kappa shape index (κ1) is 20.7. The summed E-state index contributed by atoms with van der Waals surface area (Å²) >= 11 is 0. The molecule has 0 aromatic heterocycles. The van der Waals surface area contributed by atoms with Crippen molar-refractivity contribution in [3.8, 4) is 5.75 Å². The van der Waals surface area contributed by atoms with E-state index < -0.39 is 0 Å². The number of para-hydroxylation sites is 2. The minimum atomic E-state index is 0.0721. The number of hydrogen-bond acceptors (Lipinski definition) is 4. The molecule has 26 heavy (non-hydrogen) atoms. The number of ether oxygens (including phenoxy) is 1. The number of rotatable bonds is 10. The Balaban J connectivity index is 1.85. The van der Waals surface area contributed by atoms with E-state index in [4.69, 9.17) is 4.74 Å². The molecule has 1 fully saturated rings. The Hall–Kier alpha value is -1.59. The Morgan fingerprint density at radius 3 is 2.81 bits per heavy atom. The summed E-state index contributed by atoms with van der Waals surface area (Å²) in [4.78, 5) is 14.8. The molecule has 1 aromatic rings. The van der Waals surface area contributed by atoms with Gasteiger partial charge in [0.25, 0.3) is 0 Å². The van der Waals surface area contributed by atoms with E-state index in [1.54, 1.807) is 0 Å². The first-order valence-corrected chi connectivity index (χ1v) is 10.1. The van der Waals surface area contributed by atoms with Crippen LogP contribution in [0.25, 0.3) is 0 Å². The number of hydrogen-bond donors (Lipinski definition) is 2. The van der Waals surface area contributed by atoms with Crippen LogP contribution in [0.1, 0.15) is 40.0 Å². The minimum absolute atomic E-state index is 0.0721. The lowest BCUT2D eigenvalue weighted by atomic mass is 9.85. The standard InChI is InChI=1S/C21H35N3O2/c1-4-24(5-2)13-14-26-20-11-7-6-10-19(20)23-21(25)15-17(3)18-9-8-12-22-16-18/h6-7,10-11,17-18,22H,4-5,8-9,12-16H2,1-3H3,(H,23,25). The van der Waals surface area contributed by atoms with Crippen LogP contribution in [0.15, 0.2) is 24.3 Å². The Bertz CT molecular complexity index is 540. The zero-order valence-corrected chi connectivity index (χ0v) is 16.6. The predicted molar refractivity (Wildman–Crippen MR) is 108 cm³/mol. The molecule has 1 aromatic carbocycles. The van der Waals surface area contributed by atoms with Crippen LogP contribution < -0.4 is 15.4 Å². The average Bonchev–Trinajstić information content (AvgIpc) is 2.67. The average molecular weight is 362 g/mol. The first-order chi connectivity index (χ1) is 12.6. The number of carbonyl (C=O) groups is 1. The van der Waals surface area contributed by atoms with Crippen molar-refractivity contribution in [1.82, 2.24) is 10.2 Å². The number of benzene rings is 1. The lowest BCUT2D eigenvalue weighted by Gasteiger charge is -2.28. The maximum absolute atomic E-state index is 12.5. The van der Waals surface area contributed by atoms with Gasteiger partial charge in [-0.05, 0) is 63.0 Å². The highest BCUT2D eigenvalue weighted by atomic mass is 16.5.